The number of aliphatic hydroxyl groups excluding tert-OH is 1. The minimum atomic E-state index is -4.34. The monoisotopic (exact) mass is 534 g/mol. The van der Waals surface area contributed by atoms with E-state index >= 15 is 0 Å². The first kappa shape index (κ1) is 24.9. The number of hydrogen-bond donors (Lipinski definition) is 4. The second-order valence-corrected chi connectivity index (χ2v) is 11.2. The molecular weight excluding hydrogens is 508 g/mol. The Morgan fingerprint density at radius 1 is 1.33 bits per heavy atom. The highest BCUT2D eigenvalue weighted by atomic mass is 32.2. The number of rotatable bonds is 8. The molecule has 1 saturated carbocycles. The summed E-state index contributed by atoms with van der Waals surface area (Å²) in [5.41, 5.74) is 3.20. The Morgan fingerprint density at radius 2 is 2.17 bits per heavy atom. The number of nitrogens with zero attached hydrogens (tertiary/aromatic N) is 4. The second-order valence-electron chi connectivity index (χ2n) is 9.01. The van der Waals surface area contributed by atoms with Crippen LogP contribution < -0.4 is 10.0 Å². The maximum Gasteiger partial charge on any atom is 0.333 e. The SMILES string of the molecule is Cc1cnn2c1[C@@H](c1csc(C(=O)c3cncnc3N[C@@H]3C[C@H](CNS(=O)(=O)O)[C@@H](O)C3)c1)OCC2. The van der Waals surface area contributed by atoms with Crippen molar-refractivity contribution in [3.8, 4) is 0 Å². The van der Waals surface area contributed by atoms with Crippen molar-refractivity contribution in [3.63, 3.8) is 0 Å². The number of carbonyl (C=O) groups excluding carboxylic acids is 1. The highest BCUT2D eigenvalue weighted by molar-refractivity contribution is 7.83. The average molecular weight is 535 g/mol. The fourth-order valence-corrected chi connectivity index (χ4v) is 6.10. The molecule has 1 aliphatic carbocycles. The number of aromatic nitrogens is 4. The number of hydrogen-bond acceptors (Lipinski definition) is 10. The van der Waals surface area contributed by atoms with Gasteiger partial charge in [0.2, 0.25) is 5.78 Å². The van der Waals surface area contributed by atoms with Gasteiger partial charge in [-0.1, -0.05) is 0 Å². The molecule has 0 radical (unpaired) electrons. The van der Waals surface area contributed by atoms with E-state index in [4.69, 9.17) is 9.29 Å². The van der Waals surface area contributed by atoms with E-state index in [1.807, 2.05) is 34.0 Å². The number of aliphatic hydroxyl groups is 1. The number of aryl methyl sites for hydroxylation is 1. The van der Waals surface area contributed by atoms with Crippen molar-refractivity contribution in [1.29, 1.82) is 0 Å². The van der Waals surface area contributed by atoms with Crippen molar-refractivity contribution >= 4 is 33.2 Å². The fraction of sp³-hybridized carbons (Fsp3) is 0.455. The van der Waals surface area contributed by atoms with Crippen LogP contribution in [0.5, 0.6) is 0 Å². The van der Waals surface area contributed by atoms with Crippen molar-refractivity contribution in [1.82, 2.24) is 24.5 Å². The highest BCUT2D eigenvalue weighted by Crippen LogP contribution is 2.35. The molecule has 0 aromatic carbocycles. The van der Waals surface area contributed by atoms with Crippen molar-refractivity contribution < 1.29 is 27.6 Å². The maximum absolute atomic E-state index is 13.4. The molecule has 14 heteroatoms. The molecule has 4 atom stereocenters. The molecule has 0 spiro atoms. The van der Waals surface area contributed by atoms with Gasteiger partial charge in [0.1, 0.15) is 18.2 Å². The van der Waals surface area contributed by atoms with Gasteiger partial charge in [-0.25, -0.2) is 9.97 Å². The molecule has 4 heterocycles. The lowest BCUT2D eigenvalue weighted by molar-refractivity contribution is 0.0420. The number of fused-ring (bicyclic) bond motifs is 1. The summed E-state index contributed by atoms with van der Waals surface area (Å²) in [6.45, 7) is 3.12. The Kier molecular flexibility index (Phi) is 6.89. The average Bonchev–Trinajstić information content (AvgIpc) is 3.56. The van der Waals surface area contributed by atoms with Gasteiger partial charge in [0, 0.05) is 24.7 Å². The first-order valence-electron chi connectivity index (χ1n) is 11.4. The zero-order chi connectivity index (χ0) is 25.4. The van der Waals surface area contributed by atoms with Crippen molar-refractivity contribution in [2.45, 2.75) is 44.6 Å². The van der Waals surface area contributed by atoms with Crippen LogP contribution >= 0.6 is 11.3 Å². The summed E-state index contributed by atoms with van der Waals surface area (Å²) in [6.07, 6.45) is 4.30. The minimum Gasteiger partial charge on any atom is -0.393 e. The molecule has 1 fully saturated rings. The molecule has 0 unspecified atom stereocenters. The van der Waals surface area contributed by atoms with Gasteiger partial charge in [-0.2, -0.15) is 18.2 Å². The van der Waals surface area contributed by atoms with Crippen LogP contribution in [0.2, 0.25) is 0 Å². The van der Waals surface area contributed by atoms with Gasteiger partial charge in [-0.15, -0.1) is 11.3 Å². The molecule has 3 aromatic heterocycles. The third-order valence-electron chi connectivity index (χ3n) is 6.54. The minimum absolute atomic E-state index is 0.0900. The lowest BCUT2D eigenvalue weighted by atomic mass is 10.0. The summed E-state index contributed by atoms with van der Waals surface area (Å²) >= 11 is 1.32. The Morgan fingerprint density at radius 3 is 2.97 bits per heavy atom. The van der Waals surface area contributed by atoms with Gasteiger partial charge in [0.25, 0.3) is 0 Å². The van der Waals surface area contributed by atoms with E-state index < -0.39 is 22.3 Å². The molecular formula is C22H26N6O6S2. The Bertz CT molecular complexity index is 1370. The van der Waals surface area contributed by atoms with Crippen molar-refractivity contribution in [2.75, 3.05) is 18.5 Å². The van der Waals surface area contributed by atoms with Crippen LogP contribution in [0.25, 0.3) is 0 Å². The molecule has 192 valence electrons. The molecule has 4 N–H and O–H groups in total. The quantitative estimate of drug-likeness (QED) is 0.244. The summed E-state index contributed by atoms with van der Waals surface area (Å²) in [7, 11) is -4.34. The van der Waals surface area contributed by atoms with Gasteiger partial charge >= 0.3 is 10.3 Å². The molecule has 12 nitrogen and oxygen atoms in total. The number of anilines is 1. The van der Waals surface area contributed by atoms with Crippen LogP contribution in [0.4, 0.5) is 5.82 Å². The van der Waals surface area contributed by atoms with Gasteiger partial charge in [-0.05, 0) is 42.3 Å². The fourth-order valence-electron chi connectivity index (χ4n) is 4.80. The summed E-state index contributed by atoms with van der Waals surface area (Å²) in [4.78, 5) is 22.2. The van der Waals surface area contributed by atoms with Crippen LogP contribution in [-0.2, 0) is 21.6 Å². The standard InChI is InChI=1S/C22H26N6O6S2/c1-12-7-25-28-2-3-34-21(19(12)28)14-5-18(35-10-14)20(30)16-9-23-11-24-22(16)27-15-4-13(17(29)6-15)8-26-36(31,32)33/h5,7,9-11,13,15,17,21,26,29H,2-4,6,8H2,1H3,(H,23,24,27)(H,31,32,33)/t13-,15-,17+,21-/m1/s1. The number of ether oxygens (including phenoxy) is 1. The Balaban J connectivity index is 1.31. The van der Waals surface area contributed by atoms with Gasteiger partial charge in [0.05, 0.1) is 41.6 Å². The van der Waals surface area contributed by atoms with Gasteiger partial charge < -0.3 is 15.2 Å². The third-order valence-corrected chi connectivity index (χ3v) is 8.02. The van der Waals surface area contributed by atoms with E-state index in [1.54, 1.807) is 0 Å². The number of nitrogens with one attached hydrogen (secondary N) is 2. The lowest BCUT2D eigenvalue weighted by Gasteiger charge is -2.24. The molecule has 36 heavy (non-hydrogen) atoms. The second kappa shape index (κ2) is 9.95. The maximum atomic E-state index is 13.4. The molecule has 3 aromatic rings. The van der Waals surface area contributed by atoms with E-state index in [1.165, 1.54) is 23.9 Å². The summed E-state index contributed by atoms with van der Waals surface area (Å²) in [5, 5.41) is 19.8. The summed E-state index contributed by atoms with van der Waals surface area (Å²) < 4.78 is 40.8. The summed E-state index contributed by atoms with van der Waals surface area (Å²) in [5.74, 6) is -0.287. The molecule has 0 saturated heterocycles. The van der Waals surface area contributed by atoms with E-state index in [0.29, 0.717) is 42.3 Å². The van der Waals surface area contributed by atoms with E-state index in [2.05, 4.69) is 20.4 Å². The Labute approximate surface area is 211 Å². The first-order valence-corrected chi connectivity index (χ1v) is 13.8. The van der Waals surface area contributed by atoms with Crippen LogP contribution in [0.1, 0.15) is 51.0 Å². The number of ketones is 1. The van der Waals surface area contributed by atoms with Crippen LogP contribution in [0.15, 0.2) is 30.2 Å². The lowest BCUT2D eigenvalue weighted by Crippen LogP contribution is -2.32. The molecule has 2 aliphatic rings. The predicted molar refractivity (Wildman–Crippen MR) is 130 cm³/mol. The molecule has 0 bridgehead atoms. The van der Waals surface area contributed by atoms with Crippen LogP contribution in [-0.4, -0.2) is 68.9 Å². The summed E-state index contributed by atoms with van der Waals surface area (Å²) in [6, 6.07) is 1.58. The van der Waals surface area contributed by atoms with E-state index in [9.17, 15) is 18.3 Å². The Hall–Kier alpha value is -2.75. The molecule has 1 aliphatic heterocycles. The topological polar surface area (TPSA) is 169 Å². The van der Waals surface area contributed by atoms with Crippen molar-refractivity contribution in [2.24, 2.45) is 5.92 Å². The largest absolute Gasteiger partial charge is 0.393 e. The van der Waals surface area contributed by atoms with E-state index in [-0.39, 0.29) is 24.5 Å². The molecule has 0 amide bonds. The smallest absolute Gasteiger partial charge is 0.333 e. The van der Waals surface area contributed by atoms with Gasteiger partial charge in [0.15, 0.2) is 0 Å². The number of carbonyl (C=O) groups is 1. The highest BCUT2D eigenvalue weighted by Gasteiger charge is 2.34. The predicted octanol–water partition coefficient (Wildman–Crippen LogP) is 1.34. The van der Waals surface area contributed by atoms with Gasteiger partial charge in [-0.3, -0.25) is 14.0 Å². The van der Waals surface area contributed by atoms with Crippen molar-refractivity contribution in [3.05, 3.63) is 57.4 Å². The third kappa shape index (κ3) is 5.19. The van der Waals surface area contributed by atoms with Crippen LogP contribution in [0.3, 0.4) is 0 Å². The molecule has 5 rings (SSSR count). The first-order chi connectivity index (χ1) is 17.2. The van der Waals surface area contributed by atoms with E-state index in [0.717, 1.165) is 16.8 Å². The number of thiophene rings is 1. The van der Waals surface area contributed by atoms with Crippen LogP contribution in [0, 0.1) is 12.8 Å². The zero-order valence-electron chi connectivity index (χ0n) is 19.4. The zero-order valence-corrected chi connectivity index (χ0v) is 21.0. The normalized spacial score (nSPS) is 24.0.